The molecule has 2 aliphatic heterocycles. The molecule has 0 aliphatic carbocycles. The highest BCUT2D eigenvalue weighted by Crippen LogP contribution is 2.40. The molecule has 1 unspecified atom stereocenters. The first-order valence-electron chi connectivity index (χ1n) is 8.46. The summed E-state index contributed by atoms with van der Waals surface area (Å²) < 4.78 is 25.3. The Hall–Kier alpha value is -0.720. The Bertz CT molecular complexity index is 573. The Morgan fingerprint density at radius 2 is 2.08 bits per heavy atom. The number of rotatable bonds is 4. The van der Waals surface area contributed by atoms with Crippen molar-refractivity contribution in [2.45, 2.75) is 43.4 Å². The molecule has 0 amide bonds. The van der Waals surface area contributed by atoms with Crippen molar-refractivity contribution < 1.29 is 19.0 Å². The lowest BCUT2D eigenvalue weighted by atomic mass is 9.77. The van der Waals surface area contributed by atoms with Crippen LogP contribution in [0.2, 0.25) is 5.02 Å². The molecule has 2 aliphatic rings. The Morgan fingerprint density at radius 1 is 1.33 bits per heavy atom. The normalized spacial score (nSPS) is 27.5. The van der Waals surface area contributed by atoms with E-state index in [1.165, 1.54) is 0 Å². The van der Waals surface area contributed by atoms with Crippen LogP contribution in [0.25, 0.3) is 0 Å². The topological polar surface area (TPSA) is 41.9 Å². The number of piperidine rings is 1. The van der Waals surface area contributed by atoms with E-state index in [1.54, 1.807) is 25.3 Å². The zero-order chi connectivity index (χ0) is 17.2. The molecule has 0 aromatic heterocycles. The van der Waals surface area contributed by atoms with E-state index in [0.717, 1.165) is 25.9 Å². The van der Waals surface area contributed by atoms with E-state index in [-0.39, 0.29) is 16.4 Å². The van der Waals surface area contributed by atoms with E-state index in [2.05, 4.69) is 4.90 Å². The van der Waals surface area contributed by atoms with Crippen molar-refractivity contribution in [3.63, 3.8) is 0 Å². The summed E-state index contributed by atoms with van der Waals surface area (Å²) in [5.74, 6) is -0.331. The zero-order valence-electron chi connectivity index (χ0n) is 14.1. The number of hydrogen-bond acceptors (Lipinski definition) is 4. The maximum atomic E-state index is 14.1. The van der Waals surface area contributed by atoms with Crippen LogP contribution in [0.5, 0.6) is 0 Å². The van der Waals surface area contributed by atoms with Crippen LogP contribution in [0.3, 0.4) is 0 Å². The van der Waals surface area contributed by atoms with Crippen LogP contribution in [-0.2, 0) is 16.0 Å². The first-order chi connectivity index (χ1) is 11.5. The molecule has 3 rings (SSSR count). The van der Waals surface area contributed by atoms with Crippen molar-refractivity contribution in [3.8, 4) is 0 Å². The van der Waals surface area contributed by atoms with Crippen LogP contribution in [0.4, 0.5) is 4.39 Å². The number of methoxy groups -OCH3 is 1. The number of nitrogens with zero attached hydrogens (tertiary/aromatic N) is 1. The summed E-state index contributed by atoms with van der Waals surface area (Å²) in [5.41, 5.74) is -0.456. The predicted molar refractivity (Wildman–Crippen MR) is 90.7 cm³/mol. The monoisotopic (exact) mass is 357 g/mol. The van der Waals surface area contributed by atoms with E-state index >= 15 is 0 Å². The van der Waals surface area contributed by atoms with Crippen LogP contribution in [0.1, 0.15) is 31.2 Å². The molecule has 2 saturated heterocycles. The standard InChI is InChI=1S/C18H25ClFNO3/c1-23-13-17(22)7-10-24-18(12-17)5-8-21(9-6-18)11-14-3-2-4-15(19)16(14)20/h2-4,22H,5-13H2,1H3. The van der Waals surface area contributed by atoms with E-state index < -0.39 is 5.60 Å². The van der Waals surface area contributed by atoms with Gasteiger partial charge in [-0.25, -0.2) is 4.39 Å². The first-order valence-corrected chi connectivity index (χ1v) is 8.84. The van der Waals surface area contributed by atoms with Crippen molar-refractivity contribution in [1.29, 1.82) is 0 Å². The summed E-state index contributed by atoms with van der Waals surface area (Å²) in [6.45, 7) is 3.08. The van der Waals surface area contributed by atoms with Gasteiger partial charge in [-0.1, -0.05) is 23.7 Å². The van der Waals surface area contributed by atoms with Crippen molar-refractivity contribution >= 4 is 11.6 Å². The second kappa shape index (κ2) is 7.26. The molecular weight excluding hydrogens is 333 g/mol. The SMILES string of the molecule is COCC1(O)CCOC2(CCN(Cc3cccc(Cl)c3F)CC2)C1. The lowest BCUT2D eigenvalue weighted by Gasteiger charge is -2.49. The molecule has 1 atom stereocenters. The van der Waals surface area contributed by atoms with E-state index in [9.17, 15) is 9.50 Å². The fourth-order valence-corrected chi connectivity index (χ4v) is 4.13. The third kappa shape index (κ3) is 3.92. The molecule has 1 N–H and O–H groups in total. The van der Waals surface area contributed by atoms with Gasteiger partial charge in [0.25, 0.3) is 0 Å². The maximum absolute atomic E-state index is 14.1. The average molecular weight is 358 g/mol. The average Bonchev–Trinajstić information content (AvgIpc) is 2.54. The van der Waals surface area contributed by atoms with Gasteiger partial charge in [-0.2, -0.15) is 0 Å². The molecule has 2 fully saturated rings. The highest BCUT2D eigenvalue weighted by molar-refractivity contribution is 6.30. The Balaban J connectivity index is 1.60. The third-order valence-corrected chi connectivity index (χ3v) is 5.52. The van der Waals surface area contributed by atoms with Crippen molar-refractivity contribution in [3.05, 3.63) is 34.6 Å². The zero-order valence-corrected chi connectivity index (χ0v) is 14.8. The number of hydrogen-bond donors (Lipinski definition) is 1. The summed E-state index contributed by atoms with van der Waals surface area (Å²) >= 11 is 5.86. The molecule has 1 aromatic rings. The lowest BCUT2D eigenvalue weighted by Crippen LogP contribution is -2.55. The van der Waals surface area contributed by atoms with Gasteiger partial charge in [-0.05, 0) is 18.9 Å². The molecule has 0 saturated carbocycles. The van der Waals surface area contributed by atoms with Crippen LogP contribution in [0, 0.1) is 5.82 Å². The van der Waals surface area contributed by atoms with E-state index in [4.69, 9.17) is 21.1 Å². The fraction of sp³-hybridized carbons (Fsp3) is 0.667. The van der Waals surface area contributed by atoms with Gasteiger partial charge in [-0.3, -0.25) is 4.90 Å². The maximum Gasteiger partial charge on any atom is 0.146 e. The number of aliphatic hydroxyl groups is 1. The number of benzene rings is 1. The Labute approximate surface area is 147 Å². The van der Waals surface area contributed by atoms with Gasteiger partial charge in [-0.15, -0.1) is 0 Å². The van der Waals surface area contributed by atoms with Gasteiger partial charge in [0.1, 0.15) is 5.82 Å². The fourth-order valence-electron chi connectivity index (χ4n) is 3.94. The largest absolute Gasteiger partial charge is 0.387 e. The molecule has 0 radical (unpaired) electrons. The van der Waals surface area contributed by atoms with Crippen molar-refractivity contribution in [2.75, 3.05) is 33.4 Å². The second-order valence-corrected chi connectivity index (χ2v) is 7.51. The van der Waals surface area contributed by atoms with Crippen molar-refractivity contribution in [1.82, 2.24) is 4.90 Å². The summed E-state index contributed by atoms with van der Waals surface area (Å²) in [4.78, 5) is 2.22. The smallest absolute Gasteiger partial charge is 0.146 e. The third-order valence-electron chi connectivity index (χ3n) is 5.23. The van der Waals surface area contributed by atoms with Gasteiger partial charge < -0.3 is 14.6 Å². The Kier molecular flexibility index (Phi) is 5.47. The van der Waals surface area contributed by atoms with Crippen LogP contribution in [0.15, 0.2) is 18.2 Å². The molecular formula is C18H25ClFNO3. The minimum Gasteiger partial charge on any atom is -0.387 e. The summed E-state index contributed by atoms with van der Waals surface area (Å²) in [6, 6.07) is 5.12. The quantitative estimate of drug-likeness (QED) is 0.899. The molecule has 2 heterocycles. The molecule has 6 heteroatoms. The molecule has 0 bridgehead atoms. The first kappa shape index (κ1) is 18.1. The van der Waals surface area contributed by atoms with Crippen LogP contribution < -0.4 is 0 Å². The number of halogens is 2. The molecule has 1 spiro atoms. The lowest BCUT2D eigenvalue weighted by molar-refractivity contribution is -0.191. The Morgan fingerprint density at radius 3 is 2.79 bits per heavy atom. The summed E-state index contributed by atoms with van der Waals surface area (Å²) in [7, 11) is 1.61. The minimum absolute atomic E-state index is 0.168. The summed E-state index contributed by atoms with van der Waals surface area (Å²) in [6.07, 6.45) is 2.88. The van der Waals surface area contributed by atoms with Gasteiger partial charge >= 0.3 is 0 Å². The predicted octanol–water partition coefficient (Wildman–Crippen LogP) is 3.00. The van der Waals surface area contributed by atoms with Gasteiger partial charge in [0, 0.05) is 45.1 Å². The van der Waals surface area contributed by atoms with Crippen LogP contribution >= 0.6 is 11.6 Å². The van der Waals surface area contributed by atoms with Crippen molar-refractivity contribution in [2.24, 2.45) is 0 Å². The summed E-state index contributed by atoms with van der Waals surface area (Å²) in [5, 5.41) is 10.8. The van der Waals surface area contributed by atoms with Gasteiger partial charge in [0.05, 0.1) is 29.4 Å². The van der Waals surface area contributed by atoms with Gasteiger partial charge in [0.15, 0.2) is 0 Å². The van der Waals surface area contributed by atoms with E-state index in [0.29, 0.717) is 38.2 Å². The highest BCUT2D eigenvalue weighted by atomic mass is 35.5. The number of likely N-dealkylation sites (tertiary alicyclic amines) is 1. The second-order valence-electron chi connectivity index (χ2n) is 7.10. The molecule has 134 valence electrons. The number of ether oxygens (including phenoxy) is 2. The van der Waals surface area contributed by atoms with Crippen LogP contribution in [-0.4, -0.2) is 54.6 Å². The molecule has 1 aromatic carbocycles. The minimum atomic E-state index is -0.797. The molecule has 24 heavy (non-hydrogen) atoms. The van der Waals surface area contributed by atoms with E-state index in [1.807, 2.05) is 0 Å². The molecule has 4 nitrogen and oxygen atoms in total. The highest BCUT2D eigenvalue weighted by Gasteiger charge is 2.46. The van der Waals surface area contributed by atoms with Gasteiger partial charge in [0.2, 0.25) is 0 Å².